The topological polar surface area (TPSA) is 76.4 Å². The molecule has 29 heavy (non-hydrogen) atoms. The first-order valence-corrected chi connectivity index (χ1v) is 10.3. The Morgan fingerprint density at radius 1 is 1.38 bits per heavy atom. The minimum atomic E-state index is -0.0999. The van der Waals surface area contributed by atoms with E-state index in [0.717, 1.165) is 53.4 Å². The first-order chi connectivity index (χ1) is 14.1. The molecule has 0 bridgehead atoms. The summed E-state index contributed by atoms with van der Waals surface area (Å²) in [4.78, 5) is 8.89. The number of anilines is 1. The molecular formula is C22H29N7. The number of hydrogen-bond donors (Lipinski definition) is 3. The zero-order valence-corrected chi connectivity index (χ0v) is 17.2. The van der Waals surface area contributed by atoms with Gasteiger partial charge >= 0.3 is 0 Å². The molecule has 0 saturated carbocycles. The fourth-order valence-electron chi connectivity index (χ4n) is 3.90. The average molecular weight is 392 g/mol. The third-order valence-electron chi connectivity index (χ3n) is 5.65. The lowest BCUT2D eigenvalue weighted by Crippen LogP contribution is -2.50. The number of nitrogens with one attached hydrogen (secondary N) is 3. The van der Waals surface area contributed by atoms with Crippen LogP contribution in [-0.4, -0.2) is 48.7 Å². The molecule has 2 atom stereocenters. The van der Waals surface area contributed by atoms with Crippen molar-refractivity contribution < 1.29 is 0 Å². The fourth-order valence-corrected chi connectivity index (χ4v) is 3.90. The molecule has 3 aliphatic rings. The number of hydrazone groups is 1. The molecule has 1 fully saturated rings. The summed E-state index contributed by atoms with van der Waals surface area (Å²) >= 11 is 0. The molecule has 3 aliphatic heterocycles. The number of nitrogens with zero attached hydrogens (tertiary/aromatic N) is 4. The quantitative estimate of drug-likeness (QED) is 0.721. The normalized spacial score (nSPS) is 23.4. The zero-order chi connectivity index (χ0) is 20.4. The summed E-state index contributed by atoms with van der Waals surface area (Å²) in [5.41, 5.74) is 6.80. The molecular weight excluding hydrogens is 362 g/mol. The standard InChI is InChI=1S/C22H29N7/c1-5-17-9-18(16(4)29-15(3)14(2)25-13-26-29)10-19-11-24-22(28-21(17)19)27-20-7-6-8-23-12-20/h9-11,13,20,22-23,27-28H,3-8,12H2,1-2H3. The Hall–Kier alpha value is -2.77. The number of hydrogen-bond acceptors (Lipinski definition) is 7. The number of piperidine rings is 1. The van der Waals surface area contributed by atoms with E-state index in [1.165, 1.54) is 24.7 Å². The van der Waals surface area contributed by atoms with Crippen molar-refractivity contribution in [2.75, 3.05) is 18.4 Å². The van der Waals surface area contributed by atoms with Crippen LogP contribution in [0.15, 0.2) is 46.1 Å². The van der Waals surface area contributed by atoms with Gasteiger partial charge in [-0.15, -0.1) is 0 Å². The summed E-state index contributed by atoms with van der Waals surface area (Å²) in [5, 5.41) is 16.7. The first kappa shape index (κ1) is 19.5. The van der Waals surface area contributed by atoms with Crippen LogP contribution in [0.25, 0.3) is 5.70 Å². The highest BCUT2D eigenvalue weighted by atomic mass is 15.5. The molecule has 0 amide bonds. The Bertz CT molecular complexity index is 906. The summed E-state index contributed by atoms with van der Waals surface area (Å²) < 4.78 is 0. The second-order valence-electron chi connectivity index (χ2n) is 7.64. The Morgan fingerprint density at radius 2 is 2.24 bits per heavy atom. The molecule has 0 radical (unpaired) electrons. The monoisotopic (exact) mass is 391 g/mol. The lowest BCUT2D eigenvalue weighted by Gasteiger charge is -2.31. The second kappa shape index (κ2) is 8.31. The van der Waals surface area contributed by atoms with Crippen molar-refractivity contribution in [2.24, 2.45) is 15.1 Å². The highest BCUT2D eigenvalue weighted by Crippen LogP contribution is 2.31. The van der Waals surface area contributed by atoms with Gasteiger partial charge in [-0.1, -0.05) is 20.1 Å². The number of aryl methyl sites for hydroxylation is 1. The average Bonchev–Trinajstić information content (AvgIpc) is 2.75. The molecule has 7 nitrogen and oxygen atoms in total. The first-order valence-electron chi connectivity index (χ1n) is 10.3. The molecule has 1 aromatic rings. The van der Waals surface area contributed by atoms with E-state index in [9.17, 15) is 0 Å². The van der Waals surface area contributed by atoms with Crippen LogP contribution < -0.4 is 16.0 Å². The summed E-state index contributed by atoms with van der Waals surface area (Å²) in [6, 6.07) is 4.73. The summed E-state index contributed by atoms with van der Waals surface area (Å²) in [5.74, 6) is 0. The van der Waals surface area contributed by atoms with E-state index in [4.69, 9.17) is 4.99 Å². The second-order valence-corrected chi connectivity index (χ2v) is 7.64. The van der Waals surface area contributed by atoms with E-state index < -0.39 is 0 Å². The zero-order valence-electron chi connectivity index (χ0n) is 17.2. The van der Waals surface area contributed by atoms with Gasteiger partial charge in [0.25, 0.3) is 0 Å². The third-order valence-corrected chi connectivity index (χ3v) is 5.65. The highest BCUT2D eigenvalue weighted by Gasteiger charge is 2.23. The molecule has 1 aromatic carbocycles. The van der Waals surface area contributed by atoms with E-state index in [1.54, 1.807) is 5.01 Å². The molecule has 2 unspecified atom stereocenters. The van der Waals surface area contributed by atoms with Crippen molar-refractivity contribution in [2.45, 2.75) is 45.4 Å². The Morgan fingerprint density at radius 3 is 3.00 bits per heavy atom. The van der Waals surface area contributed by atoms with Gasteiger partial charge in [0.1, 0.15) is 6.34 Å². The van der Waals surface area contributed by atoms with E-state index in [2.05, 4.69) is 58.3 Å². The molecule has 0 aromatic heterocycles. The van der Waals surface area contributed by atoms with Gasteiger partial charge in [0.15, 0.2) is 6.29 Å². The lowest BCUT2D eigenvalue weighted by atomic mass is 9.98. The summed E-state index contributed by atoms with van der Waals surface area (Å²) in [6.07, 6.45) is 6.68. The maximum absolute atomic E-state index is 4.70. The Kier molecular flexibility index (Phi) is 5.60. The smallest absolute Gasteiger partial charge is 0.174 e. The van der Waals surface area contributed by atoms with E-state index in [1.807, 2.05) is 13.1 Å². The van der Waals surface area contributed by atoms with Crippen LogP contribution in [0, 0.1) is 0 Å². The number of benzene rings is 1. The van der Waals surface area contributed by atoms with Crippen LogP contribution in [0.5, 0.6) is 0 Å². The largest absolute Gasteiger partial charge is 0.351 e. The number of rotatable bonds is 5. The molecule has 152 valence electrons. The van der Waals surface area contributed by atoms with Crippen molar-refractivity contribution in [3.05, 3.63) is 47.7 Å². The summed E-state index contributed by atoms with van der Waals surface area (Å²) in [7, 11) is 0. The molecule has 0 aliphatic carbocycles. The van der Waals surface area contributed by atoms with Gasteiger partial charge in [-0.05, 0) is 50.4 Å². The van der Waals surface area contributed by atoms with Gasteiger partial charge in [0, 0.05) is 35.6 Å². The fraction of sp³-hybridized carbons (Fsp3) is 0.409. The molecule has 1 saturated heterocycles. The van der Waals surface area contributed by atoms with Crippen LogP contribution in [0.3, 0.4) is 0 Å². The van der Waals surface area contributed by atoms with Crippen LogP contribution in [0.2, 0.25) is 0 Å². The number of fused-ring (bicyclic) bond motifs is 1. The van der Waals surface area contributed by atoms with Gasteiger partial charge in [-0.25, -0.2) is 10.0 Å². The maximum Gasteiger partial charge on any atom is 0.174 e. The molecule has 0 spiro atoms. The minimum Gasteiger partial charge on any atom is -0.351 e. The lowest BCUT2D eigenvalue weighted by molar-refractivity contribution is 0.366. The van der Waals surface area contributed by atoms with Crippen molar-refractivity contribution in [1.29, 1.82) is 0 Å². The van der Waals surface area contributed by atoms with Crippen molar-refractivity contribution in [3.8, 4) is 0 Å². The minimum absolute atomic E-state index is 0.0999. The summed E-state index contributed by atoms with van der Waals surface area (Å²) in [6.45, 7) is 14.5. The SMILES string of the molecule is C=C1C(C)=NC=NN1C(=C)c1cc2c(c(CC)c1)NC(NC1CCCNC1)N=C2. The molecule has 3 heterocycles. The van der Waals surface area contributed by atoms with Crippen molar-refractivity contribution >= 4 is 29.6 Å². The third kappa shape index (κ3) is 4.02. The highest BCUT2D eigenvalue weighted by molar-refractivity contribution is 6.03. The predicted molar refractivity (Wildman–Crippen MR) is 121 cm³/mol. The van der Waals surface area contributed by atoms with E-state index >= 15 is 0 Å². The van der Waals surface area contributed by atoms with Gasteiger partial charge in [0.2, 0.25) is 0 Å². The van der Waals surface area contributed by atoms with Crippen LogP contribution in [-0.2, 0) is 6.42 Å². The van der Waals surface area contributed by atoms with Gasteiger partial charge in [0.05, 0.1) is 17.1 Å². The van der Waals surface area contributed by atoms with Gasteiger partial charge in [-0.3, -0.25) is 10.3 Å². The number of allylic oxidation sites excluding steroid dienone is 1. The van der Waals surface area contributed by atoms with Crippen molar-refractivity contribution in [1.82, 2.24) is 15.6 Å². The Balaban J connectivity index is 1.56. The Labute approximate surface area is 172 Å². The van der Waals surface area contributed by atoms with Gasteiger partial charge in [-0.2, -0.15) is 5.10 Å². The molecule has 3 N–H and O–H groups in total. The maximum atomic E-state index is 4.70. The van der Waals surface area contributed by atoms with Crippen LogP contribution in [0.1, 0.15) is 43.4 Å². The molecule has 7 heteroatoms. The predicted octanol–water partition coefficient (Wildman–Crippen LogP) is 2.92. The van der Waals surface area contributed by atoms with Crippen LogP contribution >= 0.6 is 0 Å². The molecule has 4 rings (SSSR count). The van der Waals surface area contributed by atoms with E-state index in [-0.39, 0.29) is 6.29 Å². The van der Waals surface area contributed by atoms with E-state index in [0.29, 0.717) is 6.04 Å². The van der Waals surface area contributed by atoms with Gasteiger partial charge < -0.3 is 10.6 Å². The van der Waals surface area contributed by atoms with Crippen LogP contribution in [0.4, 0.5) is 5.69 Å². The van der Waals surface area contributed by atoms with Crippen molar-refractivity contribution in [3.63, 3.8) is 0 Å². The number of aliphatic imine (C=N–C) groups is 2.